The molecule has 1 N–H and O–H groups in total. The van der Waals surface area contributed by atoms with Crippen LogP contribution in [0.25, 0.3) is 0 Å². The first-order chi connectivity index (χ1) is 11.6. The van der Waals surface area contributed by atoms with Gasteiger partial charge in [-0.3, -0.25) is 9.59 Å². The number of esters is 1. The summed E-state index contributed by atoms with van der Waals surface area (Å²) in [5.41, 5.74) is 3.58. The van der Waals surface area contributed by atoms with Crippen molar-refractivity contribution >= 4 is 17.6 Å². The van der Waals surface area contributed by atoms with E-state index < -0.39 is 24.3 Å². The predicted molar refractivity (Wildman–Crippen MR) is 88.2 cm³/mol. The van der Waals surface area contributed by atoms with E-state index in [4.69, 9.17) is 4.74 Å². The van der Waals surface area contributed by atoms with E-state index in [-0.39, 0.29) is 12.1 Å². The zero-order chi connectivity index (χ0) is 16.9. The molecule has 1 aliphatic rings. The van der Waals surface area contributed by atoms with E-state index in [1.54, 1.807) is 6.07 Å². The van der Waals surface area contributed by atoms with Crippen molar-refractivity contribution in [1.29, 1.82) is 0 Å². The number of rotatable bonds is 5. The Balaban J connectivity index is 1.49. The van der Waals surface area contributed by atoms with Crippen LogP contribution in [0.3, 0.4) is 0 Å². The molecular weight excluding hydrogens is 309 g/mol. The van der Waals surface area contributed by atoms with E-state index >= 15 is 0 Å². The number of halogens is 1. The van der Waals surface area contributed by atoms with Crippen LogP contribution in [-0.4, -0.2) is 18.5 Å². The molecule has 0 heterocycles. The largest absolute Gasteiger partial charge is 0.455 e. The number of nitrogens with one attached hydrogen (secondary N) is 1. The second kappa shape index (κ2) is 7.25. The molecule has 24 heavy (non-hydrogen) atoms. The van der Waals surface area contributed by atoms with Gasteiger partial charge < -0.3 is 10.1 Å². The minimum absolute atomic E-state index is 0.0668. The minimum atomic E-state index is -0.567. The first-order valence-corrected chi connectivity index (χ1v) is 7.92. The molecule has 0 saturated carbocycles. The molecule has 0 bridgehead atoms. The number of aryl methyl sites for hydroxylation is 2. The van der Waals surface area contributed by atoms with Crippen LogP contribution in [0.4, 0.5) is 10.1 Å². The summed E-state index contributed by atoms with van der Waals surface area (Å²) in [7, 11) is 0. The second-order valence-electron chi connectivity index (χ2n) is 5.82. The number of ether oxygens (including phenoxy) is 1. The van der Waals surface area contributed by atoms with Gasteiger partial charge >= 0.3 is 5.97 Å². The summed E-state index contributed by atoms with van der Waals surface area (Å²) in [6, 6.07) is 11.8. The van der Waals surface area contributed by atoms with Crippen LogP contribution in [0.15, 0.2) is 42.5 Å². The predicted octanol–water partition coefficient (Wildman–Crippen LogP) is 3.04. The molecule has 124 valence electrons. The summed E-state index contributed by atoms with van der Waals surface area (Å²) in [5, 5.41) is 2.37. The fourth-order valence-electron chi connectivity index (χ4n) is 2.85. The van der Waals surface area contributed by atoms with Crippen LogP contribution in [0.5, 0.6) is 0 Å². The quantitative estimate of drug-likeness (QED) is 0.859. The van der Waals surface area contributed by atoms with Gasteiger partial charge in [0, 0.05) is 0 Å². The first-order valence-electron chi connectivity index (χ1n) is 7.92. The molecule has 0 radical (unpaired) electrons. The summed E-state index contributed by atoms with van der Waals surface area (Å²) in [6.45, 7) is -0.432. The monoisotopic (exact) mass is 327 g/mol. The van der Waals surface area contributed by atoms with Crippen molar-refractivity contribution in [1.82, 2.24) is 0 Å². The smallest absolute Gasteiger partial charge is 0.310 e. The van der Waals surface area contributed by atoms with Crippen LogP contribution in [-0.2, 0) is 33.6 Å². The van der Waals surface area contributed by atoms with E-state index in [0.717, 1.165) is 24.8 Å². The van der Waals surface area contributed by atoms with E-state index in [2.05, 4.69) is 11.4 Å². The number of fused-ring (bicyclic) bond motifs is 1. The molecule has 2 aromatic carbocycles. The van der Waals surface area contributed by atoms with Gasteiger partial charge in [0.05, 0.1) is 12.1 Å². The van der Waals surface area contributed by atoms with Crippen LogP contribution in [0, 0.1) is 5.82 Å². The summed E-state index contributed by atoms with van der Waals surface area (Å²) >= 11 is 0. The molecule has 0 atom stereocenters. The van der Waals surface area contributed by atoms with Gasteiger partial charge in [0.15, 0.2) is 6.61 Å². The van der Waals surface area contributed by atoms with Crippen LogP contribution >= 0.6 is 0 Å². The normalized spacial score (nSPS) is 12.5. The number of carbonyl (C=O) groups excluding carboxylic acids is 2. The Labute approximate surface area is 139 Å². The van der Waals surface area contributed by atoms with Gasteiger partial charge in [-0.2, -0.15) is 0 Å². The van der Waals surface area contributed by atoms with E-state index in [1.807, 2.05) is 12.1 Å². The molecule has 2 aromatic rings. The number of carbonyl (C=O) groups is 2. The van der Waals surface area contributed by atoms with Crippen molar-refractivity contribution in [3.63, 3.8) is 0 Å². The summed E-state index contributed by atoms with van der Waals surface area (Å²) in [5.74, 6) is -1.57. The number of hydrogen-bond donors (Lipinski definition) is 1. The molecule has 1 aliphatic carbocycles. The van der Waals surface area contributed by atoms with E-state index in [9.17, 15) is 14.0 Å². The lowest BCUT2D eigenvalue weighted by atomic mass is 10.0. The molecule has 0 aliphatic heterocycles. The van der Waals surface area contributed by atoms with E-state index in [0.29, 0.717) is 0 Å². The maximum absolute atomic E-state index is 13.4. The van der Waals surface area contributed by atoms with Gasteiger partial charge in [0.2, 0.25) is 0 Å². The molecule has 0 fully saturated rings. The van der Waals surface area contributed by atoms with Crippen molar-refractivity contribution in [3.05, 3.63) is 65.0 Å². The Hall–Kier alpha value is -2.69. The third kappa shape index (κ3) is 3.98. The molecule has 0 spiro atoms. The highest BCUT2D eigenvalue weighted by Gasteiger charge is 2.14. The molecule has 0 unspecified atom stereocenters. The lowest BCUT2D eigenvalue weighted by molar-refractivity contribution is -0.146. The summed E-state index contributed by atoms with van der Waals surface area (Å²) in [6.07, 6.45) is 3.42. The molecule has 1 amide bonds. The average molecular weight is 327 g/mol. The Morgan fingerprint density at radius 2 is 1.88 bits per heavy atom. The van der Waals surface area contributed by atoms with Crippen LogP contribution in [0.1, 0.15) is 23.1 Å². The van der Waals surface area contributed by atoms with E-state index in [1.165, 1.54) is 29.3 Å². The van der Waals surface area contributed by atoms with Crippen LogP contribution in [0.2, 0.25) is 0 Å². The fourth-order valence-corrected chi connectivity index (χ4v) is 2.85. The zero-order valence-corrected chi connectivity index (χ0v) is 13.2. The van der Waals surface area contributed by atoms with Crippen molar-refractivity contribution in [2.45, 2.75) is 25.7 Å². The maximum Gasteiger partial charge on any atom is 0.310 e. The van der Waals surface area contributed by atoms with Gasteiger partial charge in [0.1, 0.15) is 5.82 Å². The highest BCUT2D eigenvalue weighted by Crippen LogP contribution is 2.23. The van der Waals surface area contributed by atoms with Gasteiger partial charge in [-0.15, -0.1) is 0 Å². The molecule has 0 saturated heterocycles. The molecular formula is C19H18FNO3. The van der Waals surface area contributed by atoms with Gasteiger partial charge in [-0.25, -0.2) is 4.39 Å². The van der Waals surface area contributed by atoms with Gasteiger partial charge in [-0.05, 0) is 48.1 Å². The number of hydrogen-bond acceptors (Lipinski definition) is 3. The van der Waals surface area contributed by atoms with Gasteiger partial charge in [-0.1, -0.05) is 30.3 Å². The summed E-state index contributed by atoms with van der Waals surface area (Å²) < 4.78 is 18.4. The maximum atomic E-state index is 13.4. The standard InChI is InChI=1S/C19H18FNO3/c20-16-6-1-2-7-17(16)21-18(22)12-24-19(23)11-13-8-9-14-4-3-5-15(14)10-13/h1-2,6-10H,3-5,11-12H2,(H,21,22). The lowest BCUT2D eigenvalue weighted by Gasteiger charge is -2.08. The third-order valence-electron chi connectivity index (χ3n) is 4.02. The highest BCUT2D eigenvalue weighted by molar-refractivity contribution is 5.93. The topological polar surface area (TPSA) is 55.4 Å². The Kier molecular flexibility index (Phi) is 4.89. The average Bonchev–Trinajstić information content (AvgIpc) is 3.03. The Morgan fingerprint density at radius 3 is 2.71 bits per heavy atom. The molecule has 3 rings (SSSR count). The van der Waals surface area contributed by atoms with Crippen molar-refractivity contribution in [3.8, 4) is 0 Å². The fraction of sp³-hybridized carbons (Fsp3) is 0.263. The van der Waals surface area contributed by atoms with Crippen molar-refractivity contribution in [2.75, 3.05) is 11.9 Å². The molecule has 5 heteroatoms. The molecule has 4 nitrogen and oxygen atoms in total. The minimum Gasteiger partial charge on any atom is -0.455 e. The molecule has 0 aromatic heterocycles. The van der Waals surface area contributed by atoms with Gasteiger partial charge in [0.25, 0.3) is 5.91 Å². The van der Waals surface area contributed by atoms with Crippen LogP contribution < -0.4 is 5.32 Å². The number of para-hydroxylation sites is 1. The first kappa shape index (κ1) is 16.2. The number of benzene rings is 2. The van der Waals surface area contributed by atoms with Crippen molar-refractivity contribution < 1.29 is 18.7 Å². The SMILES string of the molecule is O=C(COC(=O)Cc1ccc2c(c1)CCC2)Nc1ccccc1F. The second-order valence-corrected chi connectivity index (χ2v) is 5.82. The summed E-state index contributed by atoms with van der Waals surface area (Å²) in [4.78, 5) is 23.6. The highest BCUT2D eigenvalue weighted by atomic mass is 19.1. The number of amides is 1. The zero-order valence-electron chi connectivity index (χ0n) is 13.2. The number of anilines is 1. The lowest BCUT2D eigenvalue weighted by Crippen LogP contribution is -2.22. The third-order valence-corrected chi connectivity index (χ3v) is 4.02. The van der Waals surface area contributed by atoms with Crippen molar-refractivity contribution in [2.24, 2.45) is 0 Å². The Morgan fingerprint density at radius 1 is 1.08 bits per heavy atom. The Bertz CT molecular complexity index is 773.